The van der Waals surface area contributed by atoms with Crippen LogP contribution in [-0.4, -0.2) is 25.9 Å². The van der Waals surface area contributed by atoms with Crippen LogP contribution in [0.25, 0.3) is 0 Å². The molecule has 5 nitrogen and oxygen atoms in total. The van der Waals surface area contributed by atoms with Gasteiger partial charge >= 0.3 is 6.09 Å². The average molecular weight is 301 g/mol. The maximum atomic E-state index is 11.6. The second-order valence-electron chi connectivity index (χ2n) is 4.38. The third kappa shape index (κ3) is 5.36. The molecule has 0 aromatic heterocycles. The van der Waals surface area contributed by atoms with Crippen molar-refractivity contribution in [3.05, 3.63) is 54.6 Å². The Kier molecular flexibility index (Phi) is 6.11. The van der Waals surface area contributed by atoms with Crippen LogP contribution in [0, 0.1) is 0 Å². The Morgan fingerprint density at radius 3 is 2.27 bits per heavy atom. The zero-order chi connectivity index (χ0) is 15.6. The number of para-hydroxylation sites is 1. The van der Waals surface area contributed by atoms with E-state index in [0.717, 1.165) is 11.5 Å². The molecule has 0 atom stereocenters. The summed E-state index contributed by atoms with van der Waals surface area (Å²) < 4.78 is 15.8. The molecule has 0 aliphatic heterocycles. The summed E-state index contributed by atoms with van der Waals surface area (Å²) in [5.74, 6) is 1.51. The van der Waals surface area contributed by atoms with E-state index in [2.05, 4.69) is 5.32 Å². The molecule has 0 heterocycles. The standard InChI is InChI=1S/C17H19NO4/c1-2-20-16-10-8-14(9-11-16)18-17(19)22-13-12-21-15-6-4-3-5-7-15/h3-11H,2,12-13H2,1H3,(H,18,19). The van der Waals surface area contributed by atoms with Gasteiger partial charge in [0.05, 0.1) is 6.61 Å². The highest BCUT2D eigenvalue weighted by Gasteiger charge is 2.03. The van der Waals surface area contributed by atoms with Gasteiger partial charge in [-0.25, -0.2) is 4.79 Å². The molecule has 1 amide bonds. The van der Waals surface area contributed by atoms with E-state index in [1.54, 1.807) is 24.3 Å². The molecule has 0 aliphatic rings. The van der Waals surface area contributed by atoms with Gasteiger partial charge < -0.3 is 14.2 Å². The zero-order valence-corrected chi connectivity index (χ0v) is 12.5. The van der Waals surface area contributed by atoms with Gasteiger partial charge in [-0.1, -0.05) is 18.2 Å². The Labute approximate surface area is 129 Å². The molecule has 2 aromatic carbocycles. The van der Waals surface area contributed by atoms with Crippen LogP contribution in [-0.2, 0) is 4.74 Å². The van der Waals surface area contributed by atoms with Crippen molar-refractivity contribution in [2.24, 2.45) is 0 Å². The monoisotopic (exact) mass is 301 g/mol. The number of carbonyl (C=O) groups excluding carboxylic acids is 1. The summed E-state index contributed by atoms with van der Waals surface area (Å²) in [4.78, 5) is 11.6. The third-order valence-corrected chi connectivity index (χ3v) is 2.74. The average Bonchev–Trinajstić information content (AvgIpc) is 2.55. The van der Waals surface area contributed by atoms with Crippen molar-refractivity contribution in [3.8, 4) is 11.5 Å². The Bertz CT molecular complexity index is 569. The van der Waals surface area contributed by atoms with Crippen molar-refractivity contribution in [2.45, 2.75) is 6.92 Å². The number of rotatable bonds is 7. The van der Waals surface area contributed by atoms with Crippen LogP contribution >= 0.6 is 0 Å². The molecule has 22 heavy (non-hydrogen) atoms. The molecule has 0 radical (unpaired) electrons. The summed E-state index contributed by atoms with van der Waals surface area (Å²) in [6.45, 7) is 3.01. The first kappa shape index (κ1) is 15.7. The molecule has 5 heteroatoms. The summed E-state index contributed by atoms with van der Waals surface area (Å²) in [5.41, 5.74) is 0.650. The molecule has 0 spiro atoms. The minimum absolute atomic E-state index is 0.178. The van der Waals surface area contributed by atoms with Crippen molar-refractivity contribution in [3.63, 3.8) is 0 Å². The van der Waals surface area contributed by atoms with Gasteiger partial charge in [0, 0.05) is 5.69 Å². The van der Waals surface area contributed by atoms with E-state index < -0.39 is 6.09 Å². The Balaban J connectivity index is 1.67. The second kappa shape index (κ2) is 8.56. The molecule has 116 valence electrons. The minimum Gasteiger partial charge on any atom is -0.494 e. The van der Waals surface area contributed by atoms with Crippen LogP contribution in [0.5, 0.6) is 11.5 Å². The molecule has 0 saturated heterocycles. The largest absolute Gasteiger partial charge is 0.494 e. The normalized spacial score (nSPS) is 9.86. The fourth-order valence-electron chi connectivity index (χ4n) is 1.77. The van der Waals surface area contributed by atoms with Crippen molar-refractivity contribution >= 4 is 11.8 Å². The van der Waals surface area contributed by atoms with Crippen molar-refractivity contribution in [1.82, 2.24) is 0 Å². The van der Waals surface area contributed by atoms with Gasteiger partial charge in [0.15, 0.2) is 0 Å². The molecule has 2 rings (SSSR count). The van der Waals surface area contributed by atoms with Crippen LogP contribution < -0.4 is 14.8 Å². The number of nitrogens with one attached hydrogen (secondary N) is 1. The van der Waals surface area contributed by atoms with E-state index >= 15 is 0 Å². The molecule has 0 aliphatic carbocycles. The lowest BCUT2D eigenvalue weighted by atomic mass is 10.3. The molecule has 0 saturated carbocycles. The van der Waals surface area contributed by atoms with Crippen LogP contribution in [0.2, 0.25) is 0 Å². The van der Waals surface area contributed by atoms with Crippen LogP contribution in [0.15, 0.2) is 54.6 Å². The second-order valence-corrected chi connectivity index (χ2v) is 4.38. The predicted molar refractivity (Wildman–Crippen MR) is 84.5 cm³/mol. The van der Waals surface area contributed by atoms with Crippen molar-refractivity contribution < 1.29 is 19.0 Å². The number of ether oxygens (including phenoxy) is 3. The fourth-order valence-corrected chi connectivity index (χ4v) is 1.77. The van der Waals surface area contributed by atoms with Crippen molar-refractivity contribution in [1.29, 1.82) is 0 Å². The molecule has 0 bridgehead atoms. The van der Waals surface area contributed by atoms with E-state index in [1.807, 2.05) is 37.3 Å². The quantitative estimate of drug-likeness (QED) is 0.792. The zero-order valence-electron chi connectivity index (χ0n) is 12.5. The minimum atomic E-state index is -0.513. The smallest absolute Gasteiger partial charge is 0.411 e. The first-order valence-electron chi connectivity index (χ1n) is 7.12. The van der Waals surface area contributed by atoms with Crippen molar-refractivity contribution in [2.75, 3.05) is 25.1 Å². The molecular weight excluding hydrogens is 282 g/mol. The van der Waals surface area contributed by atoms with E-state index in [1.165, 1.54) is 0 Å². The van der Waals surface area contributed by atoms with Gasteiger partial charge in [-0.05, 0) is 43.3 Å². The summed E-state index contributed by atoms with van der Waals surface area (Å²) in [6.07, 6.45) is -0.513. The topological polar surface area (TPSA) is 56.8 Å². The number of amides is 1. The summed E-state index contributed by atoms with van der Waals surface area (Å²) in [7, 11) is 0. The Hall–Kier alpha value is -2.69. The van der Waals surface area contributed by atoms with E-state index in [-0.39, 0.29) is 6.61 Å². The summed E-state index contributed by atoms with van der Waals surface area (Å²) in [6, 6.07) is 16.5. The lowest BCUT2D eigenvalue weighted by molar-refractivity contribution is 0.138. The lowest BCUT2D eigenvalue weighted by Gasteiger charge is -2.09. The molecule has 0 unspecified atom stereocenters. The number of carbonyl (C=O) groups is 1. The highest BCUT2D eigenvalue weighted by atomic mass is 16.6. The van der Waals surface area contributed by atoms with E-state index in [0.29, 0.717) is 18.9 Å². The Morgan fingerprint density at radius 1 is 0.909 bits per heavy atom. The first-order chi connectivity index (χ1) is 10.8. The fraction of sp³-hybridized carbons (Fsp3) is 0.235. The SMILES string of the molecule is CCOc1ccc(NC(=O)OCCOc2ccccc2)cc1. The van der Waals surface area contributed by atoms with Crippen LogP contribution in [0.1, 0.15) is 6.92 Å². The van der Waals surface area contributed by atoms with Gasteiger partial charge in [-0.15, -0.1) is 0 Å². The molecular formula is C17H19NO4. The molecule has 2 aromatic rings. The maximum Gasteiger partial charge on any atom is 0.411 e. The first-order valence-corrected chi connectivity index (χ1v) is 7.12. The van der Waals surface area contributed by atoms with Gasteiger partial charge in [-0.3, -0.25) is 5.32 Å². The Morgan fingerprint density at radius 2 is 1.59 bits per heavy atom. The molecule has 1 N–H and O–H groups in total. The molecule has 0 fully saturated rings. The van der Waals surface area contributed by atoms with Gasteiger partial charge in [0.2, 0.25) is 0 Å². The maximum absolute atomic E-state index is 11.6. The highest BCUT2D eigenvalue weighted by Crippen LogP contribution is 2.15. The van der Waals surface area contributed by atoms with Gasteiger partial charge in [0.25, 0.3) is 0 Å². The lowest BCUT2D eigenvalue weighted by Crippen LogP contribution is -2.17. The van der Waals surface area contributed by atoms with Crippen LogP contribution in [0.4, 0.5) is 10.5 Å². The van der Waals surface area contributed by atoms with Gasteiger partial charge in [-0.2, -0.15) is 0 Å². The number of hydrogen-bond acceptors (Lipinski definition) is 4. The summed E-state index contributed by atoms with van der Waals surface area (Å²) in [5, 5.41) is 2.64. The number of hydrogen-bond donors (Lipinski definition) is 1. The highest BCUT2D eigenvalue weighted by molar-refractivity contribution is 5.84. The predicted octanol–water partition coefficient (Wildman–Crippen LogP) is 3.71. The van der Waals surface area contributed by atoms with E-state index in [4.69, 9.17) is 14.2 Å². The van der Waals surface area contributed by atoms with Gasteiger partial charge in [0.1, 0.15) is 24.7 Å². The van der Waals surface area contributed by atoms with E-state index in [9.17, 15) is 4.79 Å². The summed E-state index contributed by atoms with van der Waals surface area (Å²) >= 11 is 0. The number of anilines is 1. The third-order valence-electron chi connectivity index (χ3n) is 2.74. The van der Waals surface area contributed by atoms with Crippen LogP contribution in [0.3, 0.4) is 0 Å². The number of benzene rings is 2.